The third-order valence-electron chi connectivity index (χ3n) is 2.84. The van der Waals surface area contributed by atoms with E-state index >= 15 is 0 Å². The zero-order valence-corrected chi connectivity index (χ0v) is 12.4. The number of hydrogen-bond acceptors (Lipinski definition) is 4. The van der Waals surface area contributed by atoms with Gasteiger partial charge in [-0.15, -0.1) is 0 Å². The summed E-state index contributed by atoms with van der Waals surface area (Å²) in [5.41, 5.74) is 1.58. The van der Waals surface area contributed by atoms with Crippen molar-refractivity contribution in [3.8, 4) is 6.07 Å². The Bertz CT molecular complexity index is 710. The number of benzene rings is 1. The number of aromatic nitrogens is 1. The number of nitrogens with one attached hydrogen (secondary N) is 2. The minimum Gasteiger partial charge on any atom is -0.374 e. The number of pyridine rings is 1. The lowest BCUT2D eigenvalue weighted by Crippen LogP contribution is -2.43. The second kappa shape index (κ2) is 5.80. The van der Waals surface area contributed by atoms with Crippen LogP contribution in [-0.2, 0) is 4.79 Å². The maximum absolute atomic E-state index is 11.9. The predicted molar refractivity (Wildman–Crippen MR) is 82.8 cm³/mol. The molecule has 0 aliphatic carbocycles. The molecule has 5 heteroatoms. The lowest BCUT2D eigenvalue weighted by Gasteiger charge is -2.21. The topological polar surface area (TPSA) is 77.8 Å². The van der Waals surface area contributed by atoms with Crippen molar-refractivity contribution >= 4 is 22.5 Å². The summed E-state index contributed by atoms with van der Waals surface area (Å²) < 4.78 is 0. The highest BCUT2D eigenvalue weighted by Gasteiger charge is 2.14. The number of nitriles is 1. The molecule has 2 aromatic rings. The minimum atomic E-state index is -0.281. The summed E-state index contributed by atoms with van der Waals surface area (Å²) in [5.74, 6) is -0.118. The molecule has 5 nitrogen and oxygen atoms in total. The number of carbonyl (C=O) groups excluding carboxylic acids is 1. The molecule has 0 aliphatic heterocycles. The van der Waals surface area contributed by atoms with E-state index in [9.17, 15) is 10.1 Å². The first kappa shape index (κ1) is 14.8. The third kappa shape index (κ3) is 3.69. The average molecular weight is 282 g/mol. The number of para-hydroxylation sites is 1. The van der Waals surface area contributed by atoms with Gasteiger partial charge in [-0.25, -0.2) is 0 Å². The van der Waals surface area contributed by atoms with Gasteiger partial charge in [0.15, 0.2) is 0 Å². The van der Waals surface area contributed by atoms with E-state index in [1.165, 1.54) is 6.20 Å². The number of nitrogens with zero attached hydrogens (tertiary/aromatic N) is 2. The summed E-state index contributed by atoms with van der Waals surface area (Å²) in [6, 6.07) is 9.62. The summed E-state index contributed by atoms with van der Waals surface area (Å²) in [6.45, 7) is 5.88. The molecule has 0 saturated heterocycles. The number of hydrogen-bond donors (Lipinski definition) is 2. The normalized spacial score (nSPS) is 11.0. The Morgan fingerprint density at radius 2 is 2.05 bits per heavy atom. The zero-order chi connectivity index (χ0) is 15.5. The summed E-state index contributed by atoms with van der Waals surface area (Å²) >= 11 is 0. The molecule has 1 heterocycles. The molecule has 1 aromatic carbocycles. The molecule has 0 fully saturated rings. The van der Waals surface area contributed by atoms with Gasteiger partial charge in [-0.1, -0.05) is 18.2 Å². The Hall–Kier alpha value is -2.61. The van der Waals surface area contributed by atoms with E-state index in [0.717, 1.165) is 10.9 Å². The largest absolute Gasteiger partial charge is 0.374 e. The number of rotatable bonds is 3. The fraction of sp³-hybridized carbons (Fsp3) is 0.312. The minimum absolute atomic E-state index is 0.111. The number of carbonyl (C=O) groups is 1. The quantitative estimate of drug-likeness (QED) is 0.906. The Labute approximate surface area is 124 Å². The number of fused-ring (bicyclic) bond motifs is 1. The van der Waals surface area contributed by atoms with E-state index in [4.69, 9.17) is 0 Å². The highest BCUT2D eigenvalue weighted by Crippen LogP contribution is 2.24. The monoisotopic (exact) mass is 282 g/mol. The first-order chi connectivity index (χ1) is 9.90. The van der Waals surface area contributed by atoms with Crippen LogP contribution in [0.1, 0.15) is 26.3 Å². The van der Waals surface area contributed by atoms with E-state index in [0.29, 0.717) is 11.3 Å². The van der Waals surface area contributed by atoms with Crippen LogP contribution in [0, 0.1) is 11.3 Å². The van der Waals surface area contributed by atoms with Crippen LogP contribution in [0.2, 0.25) is 0 Å². The maximum atomic E-state index is 11.9. The molecule has 0 radical (unpaired) electrons. The molecule has 1 amide bonds. The predicted octanol–water partition coefficient (Wildman–Crippen LogP) is 2.43. The van der Waals surface area contributed by atoms with Gasteiger partial charge < -0.3 is 10.6 Å². The molecule has 0 aliphatic rings. The second-order valence-corrected chi connectivity index (χ2v) is 5.83. The van der Waals surface area contributed by atoms with Gasteiger partial charge in [0, 0.05) is 17.1 Å². The highest BCUT2D eigenvalue weighted by atomic mass is 16.2. The van der Waals surface area contributed by atoms with Gasteiger partial charge in [-0.05, 0) is 26.8 Å². The van der Waals surface area contributed by atoms with Crippen LogP contribution in [0.15, 0.2) is 30.5 Å². The van der Waals surface area contributed by atoms with Crippen LogP contribution in [0.5, 0.6) is 0 Å². The first-order valence-corrected chi connectivity index (χ1v) is 6.73. The molecule has 2 rings (SSSR count). The lowest BCUT2D eigenvalue weighted by molar-refractivity contribution is -0.120. The SMILES string of the molecule is CC(C)(C)NC(=O)CNc1c(C#N)cnc2ccccc12. The van der Waals surface area contributed by atoms with Gasteiger partial charge in [-0.2, -0.15) is 5.26 Å². The molecule has 0 saturated carbocycles. The molecule has 2 N–H and O–H groups in total. The number of amides is 1. The average Bonchev–Trinajstić information content (AvgIpc) is 2.42. The summed E-state index contributed by atoms with van der Waals surface area (Å²) in [6.07, 6.45) is 1.52. The van der Waals surface area contributed by atoms with Gasteiger partial charge in [-0.3, -0.25) is 9.78 Å². The van der Waals surface area contributed by atoms with Crippen molar-refractivity contribution in [1.29, 1.82) is 5.26 Å². The first-order valence-electron chi connectivity index (χ1n) is 6.73. The van der Waals surface area contributed by atoms with Crippen LogP contribution >= 0.6 is 0 Å². The molecule has 0 spiro atoms. The van der Waals surface area contributed by atoms with Crippen molar-refractivity contribution in [2.75, 3.05) is 11.9 Å². The van der Waals surface area contributed by atoms with Crippen molar-refractivity contribution in [2.24, 2.45) is 0 Å². The third-order valence-corrected chi connectivity index (χ3v) is 2.84. The van der Waals surface area contributed by atoms with Crippen molar-refractivity contribution < 1.29 is 4.79 Å². The van der Waals surface area contributed by atoms with Crippen molar-refractivity contribution in [1.82, 2.24) is 10.3 Å². The summed E-state index contributed by atoms with van der Waals surface area (Å²) in [5, 5.41) is 16.0. The van der Waals surface area contributed by atoms with Crippen LogP contribution in [-0.4, -0.2) is 23.0 Å². The van der Waals surface area contributed by atoms with Crippen LogP contribution in [0.3, 0.4) is 0 Å². The van der Waals surface area contributed by atoms with E-state index in [-0.39, 0.29) is 18.0 Å². The van der Waals surface area contributed by atoms with Crippen LogP contribution < -0.4 is 10.6 Å². The van der Waals surface area contributed by atoms with E-state index in [1.54, 1.807) is 0 Å². The molecule has 0 unspecified atom stereocenters. The summed E-state index contributed by atoms with van der Waals surface area (Å²) in [4.78, 5) is 16.1. The number of anilines is 1. The van der Waals surface area contributed by atoms with E-state index in [1.807, 2.05) is 45.0 Å². The Morgan fingerprint density at radius 3 is 2.71 bits per heavy atom. The molecule has 0 atom stereocenters. The molecule has 0 bridgehead atoms. The van der Waals surface area contributed by atoms with Gasteiger partial charge in [0.05, 0.1) is 23.3 Å². The van der Waals surface area contributed by atoms with Crippen molar-refractivity contribution in [2.45, 2.75) is 26.3 Å². The fourth-order valence-corrected chi connectivity index (χ4v) is 2.05. The van der Waals surface area contributed by atoms with E-state index < -0.39 is 0 Å². The van der Waals surface area contributed by atoms with Crippen LogP contribution in [0.4, 0.5) is 5.69 Å². The lowest BCUT2D eigenvalue weighted by atomic mass is 10.1. The molecule has 1 aromatic heterocycles. The van der Waals surface area contributed by atoms with Gasteiger partial charge >= 0.3 is 0 Å². The maximum Gasteiger partial charge on any atom is 0.239 e. The van der Waals surface area contributed by atoms with Gasteiger partial charge in [0.2, 0.25) is 5.91 Å². The van der Waals surface area contributed by atoms with Gasteiger partial charge in [0.25, 0.3) is 0 Å². The summed E-state index contributed by atoms with van der Waals surface area (Å²) in [7, 11) is 0. The molecule has 21 heavy (non-hydrogen) atoms. The van der Waals surface area contributed by atoms with Crippen molar-refractivity contribution in [3.63, 3.8) is 0 Å². The Kier molecular flexibility index (Phi) is 4.08. The molecule has 108 valence electrons. The zero-order valence-electron chi connectivity index (χ0n) is 12.4. The van der Waals surface area contributed by atoms with Crippen LogP contribution in [0.25, 0.3) is 10.9 Å². The second-order valence-electron chi connectivity index (χ2n) is 5.83. The standard InChI is InChI=1S/C16H18N4O/c1-16(2,3)20-14(21)10-19-15-11(8-17)9-18-13-7-5-4-6-12(13)15/h4-7,9H,10H2,1-3H3,(H,18,19)(H,20,21). The van der Waals surface area contributed by atoms with Crippen molar-refractivity contribution in [3.05, 3.63) is 36.0 Å². The molecular formula is C16H18N4O. The Morgan fingerprint density at radius 1 is 1.33 bits per heavy atom. The van der Waals surface area contributed by atoms with E-state index in [2.05, 4.69) is 21.7 Å². The smallest absolute Gasteiger partial charge is 0.239 e. The molecular weight excluding hydrogens is 264 g/mol. The highest BCUT2D eigenvalue weighted by molar-refractivity contribution is 5.95. The Balaban J connectivity index is 2.25. The fourth-order valence-electron chi connectivity index (χ4n) is 2.05. The van der Waals surface area contributed by atoms with Gasteiger partial charge in [0.1, 0.15) is 6.07 Å².